The second kappa shape index (κ2) is 7.45. The number of esters is 2. The monoisotopic (exact) mass is 430 g/mol. The van der Waals surface area contributed by atoms with Crippen LogP contribution in [0.25, 0.3) is 0 Å². The zero-order chi connectivity index (χ0) is 21.3. The van der Waals surface area contributed by atoms with Gasteiger partial charge in [-0.2, -0.15) is 34.8 Å². The number of carbonyl (C=O) groups excluding carboxylic acids is 2. The highest BCUT2D eigenvalue weighted by atomic mass is 32.2. The van der Waals surface area contributed by atoms with Crippen molar-refractivity contribution in [2.75, 3.05) is 6.61 Å². The summed E-state index contributed by atoms with van der Waals surface area (Å²) in [5.41, 5.74) is -1.03. The second-order valence-electron chi connectivity index (χ2n) is 6.21. The molecule has 0 aromatic rings. The standard InChI is InChI=1S/C13H16F6O7S/c1-10(5-3-2-4-6-10)26-8(20)7-25-9(21)11(12(14,15)16,13(17,18)19)27(22,23)24/h2-7H2,1H3,(H,22,23,24). The van der Waals surface area contributed by atoms with Crippen molar-refractivity contribution in [1.29, 1.82) is 0 Å². The van der Waals surface area contributed by atoms with Gasteiger partial charge in [0.05, 0.1) is 0 Å². The third-order valence-electron chi connectivity index (χ3n) is 4.07. The molecule has 1 saturated carbocycles. The van der Waals surface area contributed by atoms with Gasteiger partial charge in [-0.25, -0.2) is 9.59 Å². The summed E-state index contributed by atoms with van der Waals surface area (Å²) in [6.07, 6.45) is -10.7. The van der Waals surface area contributed by atoms with Crippen LogP contribution in [0.1, 0.15) is 39.0 Å². The Morgan fingerprint density at radius 2 is 1.44 bits per heavy atom. The molecule has 27 heavy (non-hydrogen) atoms. The van der Waals surface area contributed by atoms with Crippen LogP contribution in [0.5, 0.6) is 0 Å². The Morgan fingerprint density at radius 1 is 1.00 bits per heavy atom. The fourth-order valence-electron chi connectivity index (χ4n) is 2.72. The van der Waals surface area contributed by atoms with Crippen molar-refractivity contribution in [3.05, 3.63) is 0 Å². The molecule has 1 fully saturated rings. The van der Waals surface area contributed by atoms with Gasteiger partial charge in [0, 0.05) is 0 Å². The summed E-state index contributed by atoms with van der Waals surface area (Å²) in [6, 6.07) is 0. The normalized spacial score (nSPS) is 18.7. The van der Waals surface area contributed by atoms with E-state index in [1.54, 1.807) is 0 Å². The predicted molar refractivity (Wildman–Crippen MR) is 74.9 cm³/mol. The van der Waals surface area contributed by atoms with E-state index in [1.807, 2.05) is 0 Å². The molecule has 0 radical (unpaired) electrons. The summed E-state index contributed by atoms with van der Waals surface area (Å²) >= 11 is 0. The highest BCUT2D eigenvalue weighted by Gasteiger charge is 2.84. The van der Waals surface area contributed by atoms with E-state index in [-0.39, 0.29) is 0 Å². The third kappa shape index (κ3) is 4.65. The summed E-state index contributed by atoms with van der Waals surface area (Å²) in [6.45, 7) is -0.211. The Hall–Kier alpha value is -1.57. The van der Waals surface area contributed by atoms with Crippen LogP contribution in [0.4, 0.5) is 26.3 Å². The molecular weight excluding hydrogens is 414 g/mol. The highest BCUT2D eigenvalue weighted by molar-refractivity contribution is 7.88. The molecule has 0 heterocycles. The van der Waals surface area contributed by atoms with Crippen LogP contribution in [-0.2, 0) is 29.2 Å². The van der Waals surface area contributed by atoms with E-state index in [2.05, 4.69) is 4.74 Å². The third-order valence-corrected chi connectivity index (χ3v) is 5.47. The Balaban J connectivity index is 3.03. The maximum atomic E-state index is 12.9. The molecule has 1 aliphatic rings. The van der Waals surface area contributed by atoms with Crippen LogP contribution in [0.3, 0.4) is 0 Å². The average molecular weight is 430 g/mol. The van der Waals surface area contributed by atoms with Crippen LogP contribution in [0.15, 0.2) is 0 Å². The van der Waals surface area contributed by atoms with Crippen LogP contribution < -0.4 is 0 Å². The Morgan fingerprint density at radius 3 is 1.81 bits per heavy atom. The Bertz CT molecular complexity index is 662. The van der Waals surface area contributed by atoms with Gasteiger partial charge in [-0.05, 0) is 32.6 Å². The second-order valence-corrected chi connectivity index (χ2v) is 7.78. The molecule has 0 aromatic heterocycles. The zero-order valence-corrected chi connectivity index (χ0v) is 14.6. The van der Waals surface area contributed by atoms with Crippen molar-refractivity contribution in [2.24, 2.45) is 0 Å². The molecule has 0 unspecified atom stereocenters. The fourth-order valence-corrected chi connectivity index (χ4v) is 3.58. The molecule has 0 bridgehead atoms. The molecule has 0 aromatic carbocycles. The lowest BCUT2D eigenvalue weighted by molar-refractivity contribution is -0.269. The van der Waals surface area contributed by atoms with Gasteiger partial charge in [0.25, 0.3) is 0 Å². The van der Waals surface area contributed by atoms with Crippen molar-refractivity contribution in [1.82, 2.24) is 0 Å². The van der Waals surface area contributed by atoms with Gasteiger partial charge in [0.2, 0.25) is 0 Å². The van der Waals surface area contributed by atoms with Crippen LogP contribution >= 0.6 is 0 Å². The highest BCUT2D eigenvalue weighted by Crippen LogP contribution is 2.49. The smallest absolute Gasteiger partial charge is 0.430 e. The fraction of sp³-hybridized carbons (Fsp3) is 0.846. The van der Waals surface area contributed by atoms with E-state index in [0.29, 0.717) is 25.7 Å². The summed E-state index contributed by atoms with van der Waals surface area (Å²) < 4.78 is 110. The molecule has 0 amide bonds. The largest absolute Gasteiger partial charge is 0.457 e. The molecule has 0 atom stereocenters. The van der Waals surface area contributed by atoms with Gasteiger partial charge in [-0.15, -0.1) is 0 Å². The topological polar surface area (TPSA) is 107 Å². The number of halogens is 6. The molecule has 1 aliphatic carbocycles. The maximum absolute atomic E-state index is 12.9. The number of ether oxygens (including phenoxy) is 2. The van der Waals surface area contributed by atoms with Crippen molar-refractivity contribution >= 4 is 22.1 Å². The quantitative estimate of drug-likeness (QED) is 0.406. The number of alkyl halides is 6. The Labute approximate surface area is 149 Å². The van der Waals surface area contributed by atoms with Crippen molar-refractivity contribution < 1.29 is 58.4 Å². The molecule has 158 valence electrons. The first-order valence-corrected chi connectivity index (χ1v) is 8.91. The number of carbonyl (C=O) groups is 2. The lowest BCUT2D eigenvalue weighted by atomic mass is 9.86. The number of hydrogen-bond donors (Lipinski definition) is 1. The summed E-state index contributed by atoms with van der Waals surface area (Å²) in [5.74, 6) is -4.86. The van der Waals surface area contributed by atoms with Crippen molar-refractivity contribution in [2.45, 2.75) is 61.7 Å². The van der Waals surface area contributed by atoms with E-state index >= 15 is 0 Å². The van der Waals surface area contributed by atoms with E-state index in [0.717, 1.165) is 6.42 Å². The summed E-state index contributed by atoms with van der Waals surface area (Å²) in [5, 5.41) is 0. The van der Waals surface area contributed by atoms with Gasteiger partial charge < -0.3 is 9.47 Å². The lowest BCUT2D eigenvalue weighted by Gasteiger charge is -2.34. The van der Waals surface area contributed by atoms with Crippen molar-refractivity contribution in [3.63, 3.8) is 0 Å². The molecule has 1 rings (SSSR count). The van der Waals surface area contributed by atoms with Gasteiger partial charge in [0.1, 0.15) is 5.60 Å². The first kappa shape index (κ1) is 23.5. The number of hydrogen-bond acceptors (Lipinski definition) is 6. The van der Waals surface area contributed by atoms with Gasteiger partial charge in [-0.1, -0.05) is 6.42 Å². The molecule has 0 aliphatic heterocycles. The minimum absolute atomic E-state index is 0.382. The molecule has 0 spiro atoms. The molecule has 7 nitrogen and oxygen atoms in total. The minimum Gasteiger partial charge on any atom is -0.457 e. The summed E-state index contributed by atoms with van der Waals surface area (Å²) in [4.78, 5) is 23.1. The van der Waals surface area contributed by atoms with E-state index in [1.165, 1.54) is 6.92 Å². The van der Waals surface area contributed by atoms with E-state index < -0.39 is 51.4 Å². The Kier molecular flexibility index (Phi) is 6.48. The van der Waals surface area contributed by atoms with Gasteiger partial charge >= 0.3 is 39.2 Å². The minimum atomic E-state index is -7.11. The predicted octanol–water partition coefficient (Wildman–Crippen LogP) is 2.55. The molecule has 1 N–H and O–H groups in total. The first-order valence-electron chi connectivity index (χ1n) is 7.47. The van der Waals surface area contributed by atoms with Gasteiger partial charge in [0.15, 0.2) is 6.61 Å². The van der Waals surface area contributed by atoms with Crippen molar-refractivity contribution in [3.8, 4) is 0 Å². The maximum Gasteiger partial charge on any atom is 0.430 e. The van der Waals surface area contributed by atoms with Crippen LogP contribution in [0, 0.1) is 0 Å². The van der Waals surface area contributed by atoms with E-state index in [9.17, 15) is 44.3 Å². The molecule has 14 heteroatoms. The van der Waals surface area contributed by atoms with Gasteiger partial charge in [-0.3, -0.25) is 4.55 Å². The van der Waals surface area contributed by atoms with E-state index in [4.69, 9.17) is 9.29 Å². The first-order chi connectivity index (χ1) is 12.0. The SMILES string of the molecule is CC1(OC(=O)COC(=O)C(C(F)(F)F)(C(F)(F)F)S(=O)(=O)O)CCCCC1. The van der Waals surface area contributed by atoms with Crippen LogP contribution in [0.2, 0.25) is 0 Å². The van der Waals surface area contributed by atoms with Crippen LogP contribution in [-0.4, -0.2) is 54.2 Å². The summed E-state index contributed by atoms with van der Waals surface area (Å²) in [7, 11) is -7.11. The zero-order valence-electron chi connectivity index (χ0n) is 13.8. The average Bonchev–Trinajstić information content (AvgIpc) is 2.41. The lowest BCUT2D eigenvalue weighted by Crippen LogP contribution is -2.67. The number of rotatable bonds is 5. The molecular formula is C13H16F6O7S. The molecule has 0 saturated heterocycles.